The van der Waals surface area contributed by atoms with Crippen molar-refractivity contribution in [2.24, 2.45) is 0 Å². The highest BCUT2D eigenvalue weighted by atomic mass is 19.1. The number of halogens is 1. The maximum absolute atomic E-state index is 13.2. The van der Waals surface area contributed by atoms with Crippen molar-refractivity contribution >= 4 is 5.91 Å². The zero-order chi connectivity index (χ0) is 24.1. The molecule has 2 aliphatic heterocycles. The molecule has 2 fully saturated rings. The lowest BCUT2D eigenvalue weighted by Crippen LogP contribution is -2.52. The summed E-state index contributed by atoms with van der Waals surface area (Å²) in [6.07, 6.45) is -0.135. The van der Waals surface area contributed by atoms with Crippen molar-refractivity contribution in [2.45, 2.75) is 19.6 Å². The highest BCUT2D eigenvalue weighted by Crippen LogP contribution is 2.31. The number of carbonyl (C=O) groups is 1. The molecule has 1 atom stereocenters. The molecule has 0 aromatic heterocycles. The van der Waals surface area contributed by atoms with Gasteiger partial charge in [-0.2, -0.15) is 0 Å². The third-order valence-corrected chi connectivity index (χ3v) is 6.71. The fourth-order valence-corrected chi connectivity index (χ4v) is 4.61. The van der Waals surface area contributed by atoms with Crippen LogP contribution in [0.3, 0.4) is 0 Å². The fourth-order valence-electron chi connectivity index (χ4n) is 4.61. The van der Waals surface area contributed by atoms with E-state index in [1.807, 2.05) is 17.0 Å². The molecule has 8 heteroatoms. The van der Waals surface area contributed by atoms with E-state index in [9.17, 15) is 9.18 Å². The largest absolute Gasteiger partial charge is 0.493 e. The van der Waals surface area contributed by atoms with Crippen molar-refractivity contribution in [1.82, 2.24) is 14.7 Å². The number of amides is 1. The Balaban J connectivity index is 1.27. The van der Waals surface area contributed by atoms with Crippen LogP contribution in [-0.4, -0.2) is 87.2 Å². The summed E-state index contributed by atoms with van der Waals surface area (Å²) in [5, 5.41) is 0. The van der Waals surface area contributed by atoms with E-state index in [1.54, 1.807) is 26.4 Å². The highest BCUT2D eigenvalue weighted by Gasteiger charge is 2.27. The molecule has 1 unspecified atom stereocenters. The van der Waals surface area contributed by atoms with Crippen molar-refractivity contribution < 1.29 is 23.4 Å². The molecule has 0 N–H and O–H groups in total. The van der Waals surface area contributed by atoms with Gasteiger partial charge in [0.05, 0.1) is 33.5 Å². The summed E-state index contributed by atoms with van der Waals surface area (Å²) in [6.45, 7) is 8.31. The van der Waals surface area contributed by atoms with Gasteiger partial charge in [0.15, 0.2) is 11.5 Å². The van der Waals surface area contributed by atoms with Crippen LogP contribution in [0.25, 0.3) is 0 Å². The fraction of sp³-hybridized carbons (Fsp3) is 0.500. The average Bonchev–Trinajstić information content (AvgIpc) is 2.86. The molecule has 0 bridgehead atoms. The van der Waals surface area contributed by atoms with Crippen LogP contribution in [0.4, 0.5) is 4.39 Å². The van der Waals surface area contributed by atoms with Crippen molar-refractivity contribution in [3.63, 3.8) is 0 Å². The van der Waals surface area contributed by atoms with E-state index in [0.29, 0.717) is 19.7 Å². The number of nitrogens with zero attached hydrogens (tertiary/aromatic N) is 3. The molecular formula is C26H34FN3O4. The third kappa shape index (κ3) is 5.87. The molecule has 1 amide bonds. The van der Waals surface area contributed by atoms with Gasteiger partial charge < -0.3 is 19.1 Å². The molecule has 2 aliphatic rings. The zero-order valence-electron chi connectivity index (χ0n) is 20.3. The Hall–Kier alpha value is -2.68. The molecular weight excluding hydrogens is 437 g/mol. The smallest absolute Gasteiger partial charge is 0.236 e. The maximum Gasteiger partial charge on any atom is 0.236 e. The number of piperazine rings is 1. The molecule has 184 valence electrons. The van der Waals surface area contributed by atoms with Gasteiger partial charge in [-0.25, -0.2) is 4.39 Å². The second-order valence-corrected chi connectivity index (χ2v) is 8.94. The molecule has 0 aliphatic carbocycles. The van der Waals surface area contributed by atoms with Crippen molar-refractivity contribution in [3.8, 4) is 11.5 Å². The Bertz CT molecular complexity index is 977. The lowest BCUT2D eigenvalue weighted by molar-refractivity contribution is -0.136. The Morgan fingerprint density at radius 2 is 1.68 bits per heavy atom. The van der Waals surface area contributed by atoms with E-state index >= 15 is 0 Å². The first-order chi connectivity index (χ1) is 16.5. The van der Waals surface area contributed by atoms with Crippen LogP contribution in [0.2, 0.25) is 0 Å². The predicted molar refractivity (Wildman–Crippen MR) is 128 cm³/mol. The van der Waals surface area contributed by atoms with Gasteiger partial charge in [-0.15, -0.1) is 0 Å². The number of hydrogen-bond acceptors (Lipinski definition) is 6. The molecule has 0 saturated carbocycles. The number of aryl methyl sites for hydroxylation is 1. The summed E-state index contributed by atoms with van der Waals surface area (Å²) >= 11 is 0. The van der Waals surface area contributed by atoms with Crippen LogP contribution < -0.4 is 9.47 Å². The number of ether oxygens (including phenoxy) is 3. The van der Waals surface area contributed by atoms with Gasteiger partial charge in [-0.05, 0) is 47.9 Å². The first kappa shape index (κ1) is 24.4. The summed E-state index contributed by atoms with van der Waals surface area (Å²) in [6, 6.07) is 10.5. The lowest BCUT2D eigenvalue weighted by Gasteiger charge is -2.37. The lowest BCUT2D eigenvalue weighted by atomic mass is 10.1. The second-order valence-electron chi connectivity index (χ2n) is 8.94. The van der Waals surface area contributed by atoms with Crippen molar-refractivity contribution in [1.29, 1.82) is 0 Å². The number of morpholine rings is 1. The van der Waals surface area contributed by atoms with Crippen LogP contribution in [0.5, 0.6) is 11.5 Å². The second kappa shape index (κ2) is 11.2. The van der Waals surface area contributed by atoms with E-state index in [-0.39, 0.29) is 17.8 Å². The van der Waals surface area contributed by atoms with E-state index < -0.39 is 0 Å². The van der Waals surface area contributed by atoms with Gasteiger partial charge in [-0.1, -0.05) is 12.1 Å². The van der Waals surface area contributed by atoms with Gasteiger partial charge in [-0.3, -0.25) is 14.6 Å². The Kier molecular flexibility index (Phi) is 8.03. The van der Waals surface area contributed by atoms with Crippen LogP contribution >= 0.6 is 0 Å². The Labute approximate surface area is 201 Å². The summed E-state index contributed by atoms with van der Waals surface area (Å²) in [7, 11) is 3.30. The monoisotopic (exact) mass is 471 g/mol. The van der Waals surface area contributed by atoms with Crippen LogP contribution in [0.1, 0.15) is 22.8 Å². The Morgan fingerprint density at radius 3 is 2.35 bits per heavy atom. The zero-order valence-corrected chi connectivity index (χ0v) is 20.3. The number of rotatable bonds is 7. The topological polar surface area (TPSA) is 54.5 Å². The van der Waals surface area contributed by atoms with Gasteiger partial charge in [0.1, 0.15) is 5.82 Å². The SMILES string of the molecule is COc1cc(C)c(CN2CCN(C(=O)CN3CCOC(c4ccc(F)cc4)C3)CC2)cc1OC. The van der Waals surface area contributed by atoms with Crippen molar-refractivity contribution in [2.75, 3.05) is 66.6 Å². The standard InChI is InChI=1S/C26H34FN3O4/c1-19-14-23(32-2)24(33-3)15-21(19)16-28-8-10-30(11-9-28)26(31)18-29-12-13-34-25(17-29)20-4-6-22(27)7-5-20/h4-7,14-15,25H,8-13,16-18H2,1-3H3. The number of benzene rings is 2. The maximum atomic E-state index is 13.2. The summed E-state index contributed by atoms with van der Waals surface area (Å²) < 4.78 is 29.9. The molecule has 7 nitrogen and oxygen atoms in total. The number of methoxy groups -OCH3 is 2. The van der Waals surface area contributed by atoms with E-state index in [1.165, 1.54) is 23.3 Å². The minimum Gasteiger partial charge on any atom is -0.493 e. The third-order valence-electron chi connectivity index (χ3n) is 6.71. The molecule has 2 saturated heterocycles. The minimum absolute atomic E-state index is 0.135. The van der Waals surface area contributed by atoms with Crippen LogP contribution in [0.15, 0.2) is 36.4 Å². The van der Waals surface area contributed by atoms with E-state index in [0.717, 1.165) is 56.3 Å². The van der Waals surface area contributed by atoms with Crippen molar-refractivity contribution in [3.05, 3.63) is 58.9 Å². The van der Waals surface area contributed by atoms with Gasteiger partial charge in [0.2, 0.25) is 5.91 Å². The Morgan fingerprint density at radius 1 is 1.00 bits per heavy atom. The molecule has 2 aromatic carbocycles. The summed E-state index contributed by atoms with van der Waals surface area (Å²) in [5.41, 5.74) is 3.31. The first-order valence-corrected chi connectivity index (χ1v) is 11.8. The minimum atomic E-state index is -0.257. The molecule has 0 radical (unpaired) electrons. The first-order valence-electron chi connectivity index (χ1n) is 11.8. The molecule has 4 rings (SSSR count). The summed E-state index contributed by atoms with van der Waals surface area (Å²) in [4.78, 5) is 19.4. The molecule has 2 heterocycles. The van der Waals surface area contributed by atoms with Gasteiger partial charge in [0.25, 0.3) is 0 Å². The molecule has 0 spiro atoms. The van der Waals surface area contributed by atoms with Crippen LogP contribution in [-0.2, 0) is 16.1 Å². The highest BCUT2D eigenvalue weighted by molar-refractivity contribution is 5.78. The van der Waals surface area contributed by atoms with E-state index in [2.05, 4.69) is 16.7 Å². The predicted octanol–water partition coefficient (Wildman–Crippen LogP) is 2.87. The van der Waals surface area contributed by atoms with Gasteiger partial charge in [0, 0.05) is 45.8 Å². The molecule has 34 heavy (non-hydrogen) atoms. The quantitative estimate of drug-likeness (QED) is 0.619. The average molecular weight is 472 g/mol. The summed E-state index contributed by atoms with van der Waals surface area (Å²) in [5.74, 6) is 1.37. The number of carbonyl (C=O) groups excluding carboxylic acids is 1. The molecule has 2 aromatic rings. The van der Waals surface area contributed by atoms with Gasteiger partial charge >= 0.3 is 0 Å². The number of hydrogen-bond donors (Lipinski definition) is 0. The van der Waals surface area contributed by atoms with Crippen LogP contribution in [0, 0.1) is 12.7 Å². The van der Waals surface area contributed by atoms with E-state index in [4.69, 9.17) is 14.2 Å². The normalized spacial score (nSPS) is 19.8.